The number of aliphatic hydroxyl groups excluding tert-OH is 1. The molecule has 54 valence electrons. The van der Waals surface area contributed by atoms with Crippen LogP contribution in [-0.4, -0.2) is 18.5 Å². The van der Waals surface area contributed by atoms with E-state index in [1.165, 1.54) is 7.11 Å². The lowest BCUT2D eigenvalue weighted by atomic mass is 10.4. The molecule has 0 aliphatic heterocycles. The SMILES string of the molecule is CC#CCC#CC(O)OC. The predicted octanol–water partition coefficient (Wildman–Crippen LogP) is 0.368. The van der Waals surface area contributed by atoms with Crippen LogP contribution in [0.2, 0.25) is 0 Å². The van der Waals surface area contributed by atoms with Gasteiger partial charge in [-0.3, -0.25) is 0 Å². The Morgan fingerprint density at radius 1 is 1.50 bits per heavy atom. The molecule has 0 aromatic carbocycles. The molecule has 0 fully saturated rings. The molecule has 0 rings (SSSR count). The second-order valence-electron chi connectivity index (χ2n) is 1.51. The standard InChI is InChI=1S/C8H10O2/c1-3-4-5-6-7-8(9)10-2/h8-9H,5H2,1-2H3. The number of ether oxygens (including phenoxy) is 1. The van der Waals surface area contributed by atoms with Gasteiger partial charge in [0.2, 0.25) is 6.29 Å². The molecule has 0 spiro atoms. The normalized spacial score (nSPS) is 10.3. The van der Waals surface area contributed by atoms with Crippen molar-refractivity contribution in [3.63, 3.8) is 0 Å². The Morgan fingerprint density at radius 3 is 2.70 bits per heavy atom. The van der Waals surface area contributed by atoms with Crippen molar-refractivity contribution in [2.45, 2.75) is 19.6 Å². The number of rotatable bonds is 1. The first kappa shape index (κ1) is 9.04. The predicted molar refractivity (Wildman–Crippen MR) is 38.9 cm³/mol. The summed E-state index contributed by atoms with van der Waals surface area (Å²) in [6.07, 6.45) is -0.490. The molecule has 10 heavy (non-hydrogen) atoms. The Morgan fingerprint density at radius 2 is 2.20 bits per heavy atom. The lowest BCUT2D eigenvalue weighted by Crippen LogP contribution is -2.03. The summed E-state index contributed by atoms with van der Waals surface area (Å²) in [4.78, 5) is 0. The minimum Gasteiger partial charge on any atom is -0.358 e. The summed E-state index contributed by atoms with van der Waals surface area (Å²) in [5, 5.41) is 8.71. The quantitative estimate of drug-likeness (QED) is 0.419. The third kappa shape index (κ3) is 5.18. The average molecular weight is 138 g/mol. The van der Waals surface area contributed by atoms with E-state index in [0.29, 0.717) is 6.42 Å². The maximum Gasteiger partial charge on any atom is 0.219 e. The first-order valence-corrected chi connectivity index (χ1v) is 2.90. The Hall–Kier alpha value is -0.960. The van der Waals surface area contributed by atoms with Crippen LogP contribution in [-0.2, 0) is 4.74 Å². The molecule has 1 N–H and O–H groups in total. The molecule has 0 radical (unpaired) electrons. The molecule has 1 atom stereocenters. The largest absolute Gasteiger partial charge is 0.358 e. The maximum atomic E-state index is 8.71. The molecule has 0 bridgehead atoms. The third-order valence-corrected chi connectivity index (χ3v) is 0.802. The molecule has 0 aliphatic rings. The highest BCUT2D eigenvalue weighted by atomic mass is 16.6. The molecule has 0 aliphatic carbocycles. The van der Waals surface area contributed by atoms with Crippen LogP contribution in [0.15, 0.2) is 0 Å². The minimum atomic E-state index is -0.973. The zero-order valence-corrected chi connectivity index (χ0v) is 6.14. The van der Waals surface area contributed by atoms with Gasteiger partial charge in [0, 0.05) is 7.11 Å². The van der Waals surface area contributed by atoms with Crippen LogP contribution in [0, 0.1) is 23.7 Å². The molecular weight excluding hydrogens is 128 g/mol. The summed E-state index contributed by atoms with van der Waals surface area (Å²) in [7, 11) is 1.39. The molecule has 0 saturated carbocycles. The fourth-order valence-electron chi connectivity index (χ4n) is 0.330. The first-order chi connectivity index (χ1) is 4.81. The van der Waals surface area contributed by atoms with E-state index in [0.717, 1.165) is 0 Å². The van der Waals surface area contributed by atoms with Crippen molar-refractivity contribution < 1.29 is 9.84 Å². The molecule has 2 nitrogen and oxygen atoms in total. The van der Waals surface area contributed by atoms with Crippen LogP contribution >= 0.6 is 0 Å². The molecule has 0 saturated heterocycles. The molecule has 0 aromatic rings. The number of hydrogen-bond acceptors (Lipinski definition) is 2. The van der Waals surface area contributed by atoms with Crippen LogP contribution in [0.4, 0.5) is 0 Å². The Balaban J connectivity index is 3.55. The summed E-state index contributed by atoms with van der Waals surface area (Å²) in [5.41, 5.74) is 0. The zero-order valence-electron chi connectivity index (χ0n) is 6.14. The number of aliphatic hydroxyl groups is 1. The van der Waals surface area contributed by atoms with Crippen molar-refractivity contribution >= 4 is 0 Å². The summed E-state index contributed by atoms with van der Waals surface area (Å²) in [6.45, 7) is 1.74. The molecule has 2 heteroatoms. The van der Waals surface area contributed by atoms with Crippen LogP contribution in [0.5, 0.6) is 0 Å². The van der Waals surface area contributed by atoms with Gasteiger partial charge in [0.05, 0.1) is 6.42 Å². The van der Waals surface area contributed by atoms with Gasteiger partial charge in [0.25, 0.3) is 0 Å². The minimum absolute atomic E-state index is 0.483. The van der Waals surface area contributed by atoms with Crippen LogP contribution in [0.25, 0.3) is 0 Å². The van der Waals surface area contributed by atoms with Gasteiger partial charge in [0.1, 0.15) is 0 Å². The van der Waals surface area contributed by atoms with E-state index in [2.05, 4.69) is 28.4 Å². The topological polar surface area (TPSA) is 29.5 Å². The highest BCUT2D eigenvalue weighted by molar-refractivity contribution is 5.11. The van der Waals surface area contributed by atoms with Crippen molar-refractivity contribution in [1.29, 1.82) is 0 Å². The average Bonchev–Trinajstić information content (AvgIpc) is 1.98. The smallest absolute Gasteiger partial charge is 0.219 e. The van der Waals surface area contributed by atoms with Crippen LogP contribution in [0.3, 0.4) is 0 Å². The van der Waals surface area contributed by atoms with Gasteiger partial charge in [-0.25, -0.2) is 0 Å². The van der Waals surface area contributed by atoms with Gasteiger partial charge in [-0.2, -0.15) is 0 Å². The Bertz CT molecular complexity index is 187. The first-order valence-electron chi connectivity index (χ1n) is 2.90. The van der Waals surface area contributed by atoms with Gasteiger partial charge < -0.3 is 9.84 Å². The van der Waals surface area contributed by atoms with E-state index in [1.54, 1.807) is 6.92 Å². The molecule has 0 amide bonds. The monoisotopic (exact) mass is 138 g/mol. The lowest BCUT2D eigenvalue weighted by Gasteiger charge is -1.94. The van der Waals surface area contributed by atoms with E-state index in [4.69, 9.17) is 5.11 Å². The van der Waals surface area contributed by atoms with E-state index in [9.17, 15) is 0 Å². The van der Waals surface area contributed by atoms with Gasteiger partial charge in [0.15, 0.2) is 0 Å². The summed E-state index contributed by atoms with van der Waals surface area (Å²) >= 11 is 0. The van der Waals surface area contributed by atoms with Gasteiger partial charge in [-0.15, -0.1) is 5.92 Å². The molecular formula is C8H10O2. The summed E-state index contributed by atoms with van der Waals surface area (Å²) in [5.74, 6) is 10.5. The van der Waals surface area contributed by atoms with Crippen molar-refractivity contribution in [2.24, 2.45) is 0 Å². The zero-order chi connectivity index (χ0) is 7.82. The van der Waals surface area contributed by atoms with E-state index < -0.39 is 6.29 Å². The van der Waals surface area contributed by atoms with Crippen molar-refractivity contribution in [3.05, 3.63) is 0 Å². The van der Waals surface area contributed by atoms with E-state index >= 15 is 0 Å². The second kappa shape index (κ2) is 6.16. The van der Waals surface area contributed by atoms with Crippen molar-refractivity contribution in [2.75, 3.05) is 7.11 Å². The van der Waals surface area contributed by atoms with Crippen molar-refractivity contribution in [3.8, 4) is 23.7 Å². The third-order valence-electron chi connectivity index (χ3n) is 0.802. The van der Waals surface area contributed by atoms with E-state index in [1.807, 2.05) is 0 Å². The number of methoxy groups -OCH3 is 1. The molecule has 0 aromatic heterocycles. The summed E-state index contributed by atoms with van der Waals surface area (Å²) in [6, 6.07) is 0. The molecule has 1 unspecified atom stereocenters. The van der Waals surface area contributed by atoms with Gasteiger partial charge in [-0.05, 0) is 12.8 Å². The Labute approximate surface area is 61.2 Å². The highest BCUT2D eigenvalue weighted by Gasteiger charge is 1.88. The van der Waals surface area contributed by atoms with E-state index in [-0.39, 0.29) is 0 Å². The highest BCUT2D eigenvalue weighted by Crippen LogP contribution is 1.78. The second-order valence-corrected chi connectivity index (χ2v) is 1.51. The van der Waals surface area contributed by atoms with Crippen molar-refractivity contribution in [1.82, 2.24) is 0 Å². The van der Waals surface area contributed by atoms with Gasteiger partial charge in [-0.1, -0.05) is 11.8 Å². The van der Waals surface area contributed by atoms with Gasteiger partial charge >= 0.3 is 0 Å². The van der Waals surface area contributed by atoms with Crippen LogP contribution in [0.1, 0.15) is 13.3 Å². The fourth-order valence-corrected chi connectivity index (χ4v) is 0.330. The Kier molecular flexibility index (Phi) is 5.57. The number of hydrogen-bond donors (Lipinski definition) is 1. The summed E-state index contributed by atoms with van der Waals surface area (Å²) < 4.78 is 4.46. The lowest BCUT2D eigenvalue weighted by molar-refractivity contribution is -0.0280. The fraction of sp³-hybridized carbons (Fsp3) is 0.500. The van der Waals surface area contributed by atoms with Crippen LogP contribution < -0.4 is 0 Å². The maximum absolute atomic E-state index is 8.71. The molecule has 0 heterocycles.